The number of aliphatic hydroxyl groups excluding tert-OH is 1. The second-order valence-electron chi connectivity index (χ2n) is 9.28. The first kappa shape index (κ1) is 26.9. The summed E-state index contributed by atoms with van der Waals surface area (Å²) < 4.78 is 19.3. The third kappa shape index (κ3) is 7.90. The van der Waals surface area contributed by atoms with Gasteiger partial charge < -0.3 is 19.8 Å². The molecule has 1 aromatic carbocycles. The highest BCUT2D eigenvalue weighted by Crippen LogP contribution is 2.23. The number of rotatable bonds is 11. The molecule has 35 heavy (non-hydrogen) atoms. The van der Waals surface area contributed by atoms with Crippen molar-refractivity contribution in [3.05, 3.63) is 59.7 Å². The predicted molar refractivity (Wildman–Crippen MR) is 136 cm³/mol. The molecule has 2 heterocycles. The van der Waals surface area contributed by atoms with Crippen LogP contribution in [0.15, 0.2) is 53.5 Å². The number of hydrogen-bond acceptors (Lipinski definition) is 8. The molecule has 2 aromatic rings. The topological polar surface area (TPSA) is 100 Å². The molecule has 1 aliphatic rings. The van der Waals surface area contributed by atoms with Gasteiger partial charge in [0.05, 0.1) is 17.8 Å². The van der Waals surface area contributed by atoms with Crippen LogP contribution in [0.5, 0.6) is 0 Å². The normalized spacial score (nSPS) is 21.7. The first-order chi connectivity index (χ1) is 16.8. The van der Waals surface area contributed by atoms with E-state index in [0.29, 0.717) is 37.3 Å². The van der Waals surface area contributed by atoms with E-state index >= 15 is 0 Å². The molecule has 1 saturated heterocycles. The number of aliphatic imine (C=N–C) groups is 1. The zero-order valence-electron chi connectivity index (χ0n) is 20.8. The number of nitrogens with zero attached hydrogens (tertiary/aromatic N) is 5. The molecule has 0 unspecified atom stereocenters. The third-order valence-electron chi connectivity index (χ3n) is 6.38. The van der Waals surface area contributed by atoms with Gasteiger partial charge >= 0.3 is 0 Å². The fourth-order valence-corrected chi connectivity index (χ4v) is 4.23. The van der Waals surface area contributed by atoms with E-state index in [1.54, 1.807) is 18.6 Å². The van der Waals surface area contributed by atoms with Gasteiger partial charge in [-0.15, -0.1) is 0 Å². The maximum absolute atomic E-state index is 13.9. The van der Waals surface area contributed by atoms with Gasteiger partial charge in [-0.2, -0.15) is 0 Å². The molecular formula is C26H37FN6O2. The van der Waals surface area contributed by atoms with Crippen LogP contribution in [-0.2, 0) is 11.2 Å². The number of hydrazine groups is 1. The van der Waals surface area contributed by atoms with E-state index < -0.39 is 19.0 Å². The van der Waals surface area contributed by atoms with Crippen molar-refractivity contribution in [2.24, 2.45) is 10.8 Å². The van der Waals surface area contributed by atoms with Crippen LogP contribution >= 0.6 is 0 Å². The molecule has 1 aliphatic heterocycles. The molecule has 3 rings (SSSR count). The lowest BCUT2D eigenvalue weighted by molar-refractivity contribution is -0.173. The Morgan fingerprint density at radius 1 is 1.31 bits per heavy atom. The van der Waals surface area contributed by atoms with Crippen LogP contribution in [0.1, 0.15) is 37.3 Å². The van der Waals surface area contributed by atoms with E-state index in [1.165, 1.54) is 5.01 Å². The number of alkyl halides is 1. The number of nitrogens with two attached hydrogens (primary N) is 1. The van der Waals surface area contributed by atoms with Crippen LogP contribution in [0, 0.1) is 6.92 Å². The zero-order chi connectivity index (χ0) is 25.4. The first-order valence-corrected chi connectivity index (χ1v) is 12.0. The first-order valence-electron chi connectivity index (χ1n) is 12.0. The zero-order valence-corrected chi connectivity index (χ0v) is 20.8. The Bertz CT molecular complexity index is 959. The van der Waals surface area contributed by atoms with E-state index in [2.05, 4.69) is 26.6 Å². The molecule has 9 heteroatoms. The van der Waals surface area contributed by atoms with Crippen molar-refractivity contribution in [2.45, 2.75) is 64.0 Å². The van der Waals surface area contributed by atoms with Crippen molar-refractivity contribution in [2.75, 3.05) is 20.3 Å². The molecule has 0 aliphatic carbocycles. The monoisotopic (exact) mass is 484 g/mol. The van der Waals surface area contributed by atoms with Gasteiger partial charge in [-0.05, 0) is 51.6 Å². The molecule has 3 N–H and O–H groups in total. The van der Waals surface area contributed by atoms with E-state index in [1.807, 2.05) is 45.2 Å². The van der Waals surface area contributed by atoms with Crippen LogP contribution in [0.3, 0.4) is 0 Å². The summed E-state index contributed by atoms with van der Waals surface area (Å²) in [5.74, 6) is 6.88. The van der Waals surface area contributed by atoms with E-state index in [4.69, 9.17) is 10.6 Å². The summed E-state index contributed by atoms with van der Waals surface area (Å²) in [5, 5.41) is 11.3. The van der Waals surface area contributed by atoms with E-state index in [0.717, 1.165) is 23.1 Å². The van der Waals surface area contributed by atoms with Crippen LogP contribution < -0.4 is 5.84 Å². The van der Waals surface area contributed by atoms with Crippen molar-refractivity contribution in [1.82, 2.24) is 19.9 Å². The fourth-order valence-electron chi connectivity index (χ4n) is 4.23. The van der Waals surface area contributed by atoms with E-state index in [9.17, 15) is 9.50 Å². The Hall–Kier alpha value is -2.72. The van der Waals surface area contributed by atoms with Crippen molar-refractivity contribution in [3.63, 3.8) is 0 Å². The predicted octanol–water partition coefficient (Wildman–Crippen LogP) is 3.26. The fraction of sp³-hybridized carbons (Fsp3) is 0.500. The summed E-state index contributed by atoms with van der Waals surface area (Å²) >= 11 is 0. The maximum atomic E-state index is 13.9. The van der Waals surface area contributed by atoms with Crippen LogP contribution in [-0.4, -0.2) is 76.4 Å². The number of aryl methyl sites for hydroxylation is 1. The molecule has 0 saturated carbocycles. The standard InChI is InChI=1S/C26H37FN6O2/c1-18-15-30-26(31-16-18)21-7-5-20(6-8-21)12-24(14-27)33(28)17-22(29-3)9-10-32(4)23-11-19(2)35-25(34)13-23/h5-8,15-17,19,23-25,34H,3,9-14,28H2,1-2,4H3/b22-17-/t19-,23+,24+,25-/m1/s1. The number of ether oxygens (including phenoxy) is 1. The molecule has 8 nitrogen and oxygen atoms in total. The Kier molecular flexibility index (Phi) is 9.85. The number of benzene rings is 1. The van der Waals surface area contributed by atoms with Gasteiger partial charge in [-0.1, -0.05) is 24.3 Å². The molecule has 0 spiro atoms. The minimum atomic E-state index is -0.734. The summed E-state index contributed by atoms with van der Waals surface area (Å²) in [5.41, 5.74) is 3.56. The van der Waals surface area contributed by atoms with Crippen LogP contribution in [0.4, 0.5) is 4.39 Å². The summed E-state index contributed by atoms with van der Waals surface area (Å²) in [6, 6.07) is 7.46. The SMILES string of the molecule is C=N/C(=C\N(N)[C@H](CF)Cc1ccc(-c2ncc(C)cn2)cc1)CCN(C)[C@H]1C[C@@H](C)O[C@@H](O)C1. The van der Waals surface area contributed by atoms with E-state index in [-0.39, 0.29) is 12.1 Å². The Morgan fingerprint density at radius 3 is 2.60 bits per heavy atom. The summed E-state index contributed by atoms with van der Waals surface area (Å²) in [7, 11) is 2.02. The maximum Gasteiger partial charge on any atom is 0.159 e. The Labute approximate surface area is 207 Å². The molecule has 0 bridgehead atoms. The van der Waals surface area contributed by atoms with Gasteiger partial charge in [0.2, 0.25) is 0 Å². The van der Waals surface area contributed by atoms with Crippen LogP contribution in [0.25, 0.3) is 11.4 Å². The quantitative estimate of drug-likeness (QED) is 0.287. The average molecular weight is 485 g/mol. The van der Waals surface area contributed by atoms with Gasteiger partial charge in [0, 0.05) is 49.6 Å². The lowest BCUT2D eigenvalue weighted by Gasteiger charge is -2.36. The molecule has 190 valence electrons. The molecular weight excluding hydrogens is 447 g/mol. The third-order valence-corrected chi connectivity index (χ3v) is 6.38. The summed E-state index contributed by atoms with van der Waals surface area (Å²) in [6.45, 7) is 7.68. The summed E-state index contributed by atoms with van der Waals surface area (Å²) in [6.07, 6.45) is 7.00. The second kappa shape index (κ2) is 12.8. The largest absolute Gasteiger partial charge is 0.368 e. The summed E-state index contributed by atoms with van der Waals surface area (Å²) in [4.78, 5) is 15.0. The highest BCUT2D eigenvalue weighted by molar-refractivity contribution is 5.55. The lowest BCUT2D eigenvalue weighted by atomic mass is 10.0. The van der Waals surface area contributed by atoms with Gasteiger partial charge in [-0.3, -0.25) is 4.99 Å². The highest BCUT2D eigenvalue weighted by Gasteiger charge is 2.28. The molecule has 4 atom stereocenters. The average Bonchev–Trinajstić information content (AvgIpc) is 2.85. The van der Waals surface area contributed by atoms with Crippen LogP contribution in [0.2, 0.25) is 0 Å². The Balaban J connectivity index is 1.57. The van der Waals surface area contributed by atoms with Crippen molar-refractivity contribution >= 4 is 6.72 Å². The van der Waals surface area contributed by atoms with Crippen molar-refractivity contribution in [3.8, 4) is 11.4 Å². The van der Waals surface area contributed by atoms with Gasteiger partial charge in [0.1, 0.15) is 6.67 Å². The van der Waals surface area contributed by atoms with Crippen molar-refractivity contribution in [1.29, 1.82) is 0 Å². The molecule has 0 radical (unpaired) electrons. The van der Waals surface area contributed by atoms with Crippen molar-refractivity contribution < 1.29 is 14.2 Å². The minimum absolute atomic E-state index is 0.0158. The number of aromatic nitrogens is 2. The molecule has 1 fully saturated rings. The van der Waals surface area contributed by atoms with Gasteiger partial charge in [-0.25, -0.2) is 20.2 Å². The number of halogens is 1. The lowest BCUT2D eigenvalue weighted by Crippen LogP contribution is -2.43. The van der Waals surface area contributed by atoms with Gasteiger partial charge in [0.25, 0.3) is 0 Å². The van der Waals surface area contributed by atoms with Gasteiger partial charge in [0.15, 0.2) is 12.1 Å². The minimum Gasteiger partial charge on any atom is -0.368 e. The highest BCUT2D eigenvalue weighted by atomic mass is 19.1. The second-order valence-corrected chi connectivity index (χ2v) is 9.28. The smallest absolute Gasteiger partial charge is 0.159 e. The molecule has 0 amide bonds. The number of hydrogen-bond donors (Lipinski definition) is 2. The molecule has 1 aromatic heterocycles. The number of aliphatic hydroxyl groups is 1. The Morgan fingerprint density at radius 2 is 2.00 bits per heavy atom.